The van der Waals surface area contributed by atoms with Gasteiger partial charge in [0.05, 0.1) is 6.61 Å². The molecule has 0 aliphatic carbocycles. The molecule has 0 radical (unpaired) electrons. The third-order valence-corrected chi connectivity index (χ3v) is 6.52. The van der Waals surface area contributed by atoms with Crippen LogP contribution in [0.5, 0.6) is 5.75 Å². The number of nitrogens with zero attached hydrogens (tertiary/aromatic N) is 1. The summed E-state index contributed by atoms with van der Waals surface area (Å²) in [5.74, 6) is -1.37. The lowest BCUT2D eigenvalue weighted by atomic mass is 9.99. The molecule has 3 N–H and O–H groups in total. The molecule has 0 bridgehead atoms. The molecule has 5 rings (SSSR count). The number of fused-ring (bicyclic) bond motifs is 1. The molecule has 31 heavy (non-hydrogen) atoms. The van der Waals surface area contributed by atoms with Crippen molar-refractivity contribution in [1.82, 2.24) is 20.7 Å². The van der Waals surface area contributed by atoms with Crippen molar-refractivity contribution in [2.45, 2.75) is 50.4 Å². The van der Waals surface area contributed by atoms with Gasteiger partial charge in [-0.05, 0) is 73.5 Å². The Morgan fingerprint density at radius 1 is 1.03 bits per heavy atom. The molecule has 1 aromatic heterocycles. The highest BCUT2D eigenvalue weighted by atomic mass is 19.2. The Morgan fingerprint density at radius 3 is 2.87 bits per heavy atom. The molecule has 5 nitrogen and oxygen atoms in total. The van der Waals surface area contributed by atoms with Gasteiger partial charge < -0.3 is 9.72 Å². The van der Waals surface area contributed by atoms with E-state index in [1.54, 1.807) is 0 Å². The molecule has 7 heteroatoms. The highest BCUT2D eigenvalue weighted by molar-refractivity contribution is 5.79. The maximum absolute atomic E-state index is 13.3. The summed E-state index contributed by atoms with van der Waals surface area (Å²) in [6.45, 7) is 2.55. The largest absolute Gasteiger partial charge is 0.493 e. The van der Waals surface area contributed by atoms with Gasteiger partial charge in [-0.3, -0.25) is 15.8 Å². The molecular formula is C24H28F2N4O. The number of aromatic amines is 1. The van der Waals surface area contributed by atoms with Crippen molar-refractivity contribution in [2.75, 3.05) is 13.2 Å². The topological polar surface area (TPSA) is 52.3 Å². The number of hydrogen-bond acceptors (Lipinski definition) is 4. The fourth-order valence-electron chi connectivity index (χ4n) is 4.92. The molecule has 3 unspecified atom stereocenters. The van der Waals surface area contributed by atoms with Gasteiger partial charge in [-0.1, -0.05) is 6.07 Å². The lowest BCUT2D eigenvalue weighted by Crippen LogP contribution is -2.45. The van der Waals surface area contributed by atoms with Gasteiger partial charge in [0.1, 0.15) is 5.75 Å². The molecule has 2 saturated heterocycles. The van der Waals surface area contributed by atoms with E-state index >= 15 is 0 Å². The molecule has 164 valence electrons. The fourth-order valence-corrected chi connectivity index (χ4v) is 4.92. The van der Waals surface area contributed by atoms with E-state index in [0.717, 1.165) is 38.1 Å². The number of rotatable bonds is 7. The van der Waals surface area contributed by atoms with Crippen LogP contribution in [-0.2, 0) is 6.54 Å². The zero-order valence-electron chi connectivity index (χ0n) is 17.4. The van der Waals surface area contributed by atoms with Gasteiger partial charge in [0.2, 0.25) is 0 Å². The van der Waals surface area contributed by atoms with Crippen LogP contribution >= 0.6 is 0 Å². The van der Waals surface area contributed by atoms with Crippen molar-refractivity contribution < 1.29 is 13.5 Å². The molecule has 0 saturated carbocycles. The number of halogens is 2. The van der Waals surface area contributed by atoms with Crippen LogP contribution in [0.2, 0.25) is 0 Å². The second kappa shape index (κ2) is 8.94. The number of likely N-dealkylation sites (tertiary alicyclic amines) is 1. The van der Waals surface area contributed by atoms with Crippen molar-refractivity contribution in [3.8, 4) is 5.75 Å². The Labute approximate surface area is 180 Å². The quantitative estimate of drug-likeness (QED) is 0.532. The summed E-state index contributed by atoms with van der Waals surface area (Å²) in [6.07, 6.45) is 6.24. The predicted molar refractivity (Wildman–Crippen MR) is 117 cm³/mol. The summed E-state index contributed by atoms with van der Waals surface area (Å²) in [6, 6.07) is 13.6. The minimum Gasteiger partial charge on any atom is -0.493 e. The van der Waals surface area contributed by atoms with Gasteiger partial charge in [-0.2, -0.15) is 0 Å². The second-order valence-electron chi connectivity index (χ2n) is 8.62. The summed E-state index contributed by atoms with van der Waals surface area (Å²) < 4.78 is 31.9. The van der Waals surface area contributed by atoms with Gasteiger partial charge in [-0.15, -0.1) is 0 Å². The third kappa shape index (κ3) is 4.59. The van der Waals surface area contributed by atoms with Crippen LogP contribution in [-0.4, -0.2) is 41.2 Å². The Balaban J connectivity index is 1.13. The van der Waals surface area contributed by atoms with E-state index in [1.165, 1.54) is 35.4 Å². The van der Waals surface area contributed by atoms with Gasteiger partial charge >= 0.3 is 0 Å². The lowest BCUT2D eigenvalue weighted by Gasteiger charge is -2.29. The first kappa shape index (κ1) is 20.4. The smallest absolute Gasteiger partial charge is 0.162 e. The van der Waals surface area contributed by atoms with Crippen molar-refractivity contribution >= 4 is 10.9 Å². The third-order valence-electron chi connectivity index (χ3n) is 6.52. The van der Waals surface area contributed by atoms with Gasteiger partial charge in [0, 0.05) is 42.5 Å². The molecule has 2 aromatic carbocycles. The number of benzene rings is 2. The predicted octanol–water partition coefficient (Wildman–Crippen LogP) is 4.11. The average molecular weight is 427 g/mol. The van der Waals surface area contributed by atoms with Crippen LogP contribution in [0.3, 0.4) is 0 Å². The first-order valence-corrected chi connectivity index (χ1v) is 11.0. The van der Waals surface area contributed by atoms with E-state index in [0.29, 0.717) is 30.5 Å². The maximum Gasteiger partial charge on any atom is 0.162 e. The van der Waals surface area contributed by atoms with E-state index in [9.17, 15) is 8.78 Å². The standard InChI is InChI=1S/C24H28F2N4O/c25-20-5-4-19(14-21(20)26)31-11-8-18-13-23(29-28-18)24-2-1-10-30(24)15-16-3-6-22-17(12-16)7-9-27-22/h3-7,9,12,14,18,23-24,27-29H,1-2,8,10-11,13,15H2. The van der Waals surface area contributed by atoms with E-state index in [-0.39, 0.29) is 0 Å². The van der Waals surface area contributed by atoms with Crippen LogP contribution in [0.25, 0.3) is 10.9 Å². The second-order valence-corrected chi connectivity index (χ2v) is 8.62. The zero-order chi connectivity index (χ0) is 21.2. The molecule has 0 spiro atoms. The van der Waals surface area contributed by atoms with Crippen LogP contribution in [0.1, 0.15) is 31.2 Å². The Kier molecular flexibility index (Phi) is 5.89. The monoisotopic (exact) mass is 426 g/mol. The lowest BCUT2D eigenvalue weighted by molar-refractivity contribution is 0.203. The van der Waals surface area contributed by atoms with Crippen LogP contribution in [0.4, 0.5) is 8.78 Å². The van der Waals surface area contributed by atoms with Gasteiger partial charge in [0.15, 0.2) is 11.6 Å². The Morgan fingerprint density at radius 2 is 1.97 bits per heavy atom. The normalized spacial score (nSPS) is 24.3. The average Bonchev–Trinajstić information content (AvgIpc) is 3.51. The highest BCUT2D eigenvalue weighted by Gasteiger charge is 2.36. The number of nitrogens with one attached hydrogen (secondary N) is 3. The maximum atomic E-state index is 13.3. The summed E-state index contributed by atoms with van der Waals surface area (Å²) in [5, 5.41) is 1.26. The van der Waals surface area contributed by atoms with Crippen molar-refractivity contribution in [2.24, 2.45) is 0 Å². The number of H-pyrrole nitrogens is 1. The molecule has 3 aromatic rings. The first-order chi connectivity index (χ1) is 15.2. The number of ether oxygens (including phenoxy) is 1. The van der Waals surface area contributed by atoms with E-state index < -0.39 is 11.6 Å². The minimum atomic E-state index is -0.879. The molecule has 3 heterocycles. The molecule has 0 amide bonds. The van der Waals surface area contributed by atoms with Crippen LogP contribution in [0, 0.1) is 11.6 Å². The summed E-state index contributed by atoms with van der Waals surface area (Å²) in [4.78, 5) is 5.84. The summed E-state index contributed by atoms with van der Waals surface area (Å²) >= 11 is 0. The Bertz CT molecular complexity index is 1040. The number of hydrogen-bond donors (Lipinski definition) is 3. The molecule has 2 fully saturated rings. The summed E-state index contributed by atoms with van der Waals surface area (Å²) in [7, 11) is 0. The molecule has 2 aliphatic heterocycles. The molecule has 2 aliphatic rings. The van der Waals surface area contributed by atoms with Gasteiger partial charge in [0.25, 0.3) is 0 Å². The number of hydrazine groups is 1. The van der Waals surface area contributed by atoms with Crippen molar-refractivity contribution in [3.63, 3.8) is 0 Å². The summed E-state index contributed by atoms with van der Waals surface area (Å²) in [5.41, 5.74) is 9.42. The van der Waals surface area contributed by atoms with E-state index in [4.69, 9.17) is 4.74 Å². The molecule has 3 atom stereocenters. The SMILES string of the molecule is Fc1ccc(OCCC2CC(C3CCCN3Cc3ccc4[nH]ccc4c3)NN2)cc1F. The molecular weight excluding hydrogens is 398 g/mol. The Hall–Kier alpha value is -2.48. The highest BCUT2D eigenvalue weighted by Crippen LogP contribution is 2.27. The van der Waals surface area contributed by atoms with E-state index in [1.807, 2.05) is 6.20 Å². The van der Waals surface area contributed by atoms with Crippen molar-refractivity contribution in [1.29, 1.82) is 0 Å². The van der Waals surface area contributed by atoms with Crippen molar-refractivity contribution in [3.05, 3.63) is 65.9 Å². The number of aromatic nitrogens is 1. The zero-order valence-corrected chi connectivity index (χ0v) is 17.4. The first-order valence-electron chi connectivity index (χ1n) is 11.0. The van der Waals surface area contributed by atoms with Crippen LogP contribution in [0.15, 0.2) is 48.7 Å². The van der Waals surface area contributed by atoms with E-state index in [2.05, 4.69) is 45.0 Å². The van der Waals surface area contributed by atoms with Crippen LogP contribution < -0.4 is 15.6 Å². The van der Waals surface area contributed by atoms with Gasteiger partial charge in [-0.25, -0.2) is 8.78 Å². The minimum absolute atomic E-state index is 0.300. The fraction of sp³-hybridized carbons (Fsp3) is 0.417.